The van der Waals surface area contributed by atoms with Gasteiger partial charge in [0.1, 0.15) is 0 Å². The predicted octanol–water partition coefficient (Wildman–Crippen LogP) is 3.42. The number of carbonyl (C=O) groups excluding carboxylic acids is 1. The molecular formula is C18H26N4O. The van der Waals surface area contributed by atoms with Crippen LogP contribution in [0.15, 0.2) is 36.5 Å². The maximum Gasteiger partial charge on any atom is 0.273 e. The maximum absolute atomic E-state index is 12.2. The minimum atomic E-state index is -0.146. The van der Waals surface area contributed by atoms with Crippen LogP contribution in [0.2, 0.25) is 0 Å². The van der Waals surface area contributed by atoms with Gasteiger partial charge in [-0.3, -0.25) is 4.79 Å². The van der Waals surface area contributed by atoms with Gasteiger partial charge in [0.05, 0.1) is 12.7 Å². The van der Waals surface area contributed by atoms with Crippen molar-refractivity contribution in [1.29, 1.82) is 0 Å². The zero-order valence-corrected chi connectivity index (χ0v) is 14.0. The van der Waals surface area contributed by atoms with Crippen LogP contribution >= 0.6 is 0 Å². The Morgan fingerprint density at radius 1 is 1.22 bits per heavy atom. The number of carbonyl (C=O) groups is 1. The van der Waals surface area contributed by atoms with E-state index in [-0.39, 0.29) is 11.9 Å². The Morgan fingerprint density at radius 3 is 2.74 bits per heavy atom. The summed E-state index contributed by atoms with van der Waals surface area (Å²) in [5.41, 5.74) is 1.51. The van der Waals surface area contributed by atoms with Crippen LogP contribution in [0.25, 0.3) is 0 Å². The van der Waals surface area contributed by atoms with Crippen molar-refractivity contribution < 1.29 is 4.79 Å². The molecule has 0 aliphatic heterocycles. The van der Waals surface area contributed by atoms with Crippen LogP contribution in [-0.4, -0.2) is 26.9 Å². The summed E-state index contributed by atoms with van der Waals surface area (Å²) in [5.74, 6) is -0.146. The summed E-state index contributed by atoms with van der Waals surface area (Å²) >= 11 is 0. The summed E-state index contributed by atoms with van der Waals surface area (Å²) < 4.78 is 1.69. The van der Waals surface area contributed by atoms with E-state index in [1.54, 1.807) is 10.9 Å². The Labute approximate surface area is 138 Å². The highest BCUT2D eigenvalue weighted by atomic mass is 16.2. The van der Waals surface area contributed by atoms with Crippen molar-refractivity contribution in [3.05, 3.63) is 47.8 Å². The first-order valence-electron chi connectivity index (χ1n) is 8.44. The van der Waals surface area contributed by atoms with E-state index < -0.39 is 0 Å². The van der Waals surface area contributed by atoms with E-state index in [0.29, 0.717) is 12.2 Å². The van der Waals surface area contributed by atoms with E-state index >= 15 is 0 Å². The number of benzene rings is 1. The van der Waals surface area contributed by atoms with Gasteiger partial charge in [-0.15, -0.1) is 5.10 Å². The van der Waals surface area contributed by atoms with E-state index in [0.717, 1.165) is 18.4 Å². The first kappa shape index (κ1) is 17.2. The fraction of sp³-hybridized carbons (Fsp3) is 0.500. The number of nitrogens with one attached hydrogen (secondary N) is 1. The summed E-state index contributed by atoms with van der Waals surface area (Å²) in [4.78, 5) is 12.2. The fourth-order valence-corrected chi connectivity index (χ4v) is 2.50. The molecule has 0 saturated carbocycles. The van der Waals surface area contributed by atoms with Gasteiger partial charge in [0.15, 0.2) is 5.69 Å². The third-order valence-electron chi connectivity index (χ3n) is 3.83. The van der Waals surface area contributed by atoms with Gasteiger partial charge in [-0.1, -0.05) is 68.2 Å². The molecule has 1 heterocycles. The SMILES string of the molecule is CCCCCCC(C)NC(=O)c1cn(Cc2ccccc2)nn1. The van der Waals surface area contributed by atoms with Gasteiger partial charge in [-0.25, -0.2) is 4.68 Å². The molecule has 0 aliphatic carbocycles. The third kappa shape index (κ3) is 5.85. The van der Waals surface area contributed by atoms with Crippen molar-refractivity contribution >= 4 is 5.91 Å². The molecule has 5 heteroatoms. The molecule has 124 valence electrons. The Kier molecular flexibility index (Phi) is 6.78. The summed E-state index contributed by atoms with van der Waals surface area (Å²) in [6.45, 7) is 4.86. The number of aromatic nitrogens is 3. The molecule has 0 aliphatic rings. The minimum Gasteiger partial charge on any atom is -0.348 e. The molecule has 0 saturated heterocycles. The van der Waals surface area contributed by atoms with Crippen molar-refractivity contribution in [3.8, 4) is 0 Å². The minimum absolute atomic E-state index is 0.146. The smallest absolute Gasteiger partial charge is 0.273 e. The van der Waals surface area contributed by atoms with Gasteiger partial charge in [-0.2, -0.15) is 0 Å². The quantitative estimate of drug-likeness (QED) is 0.722. The molecule has 1 N–H and O–H groups in total. The second-order valence-corrected chi connectivity index (χ2v) is 6.01. The average Bonchev–Trinajstić information content (AvgIpc) is 3.01. The summed E-state index contributed by atoms with van der Waals surface area (Å²) in [7, 11) is 0. The molecular weight excluding hydrogens is 288 g/mol. The highest BCUT2D eigenvalue weighted by Crippen LogP contribution is 2.06. The second-order valence-electron chi connectivity index (χ2n) is 6.01. The molecule has 5 nitrogen and oxygen atoms in total. The van der Waals surface area contributed by atoms with Gasteiger partial charge in [0, 0.05) is 6.04 Å². The topological polar surface area (TPSA) is 59.8 Å². The van der Waals surface area contributed by atoms with Gasteiger partial charge in [0.2, 0.25) is 0 Å². The largest absolute Gasteiger partial charge is 0.348 e. The average molecular weight is 314 g/mol. The highest BCUT2D eigenvalue weighted by molar-refractivity contribution is 5.92. The van der Waals surface area contributed by atoms with E-state index in [2.05, 4.69) is 22.6 Å². The fourth-order valence-electron chi connectivity index (χ4n) is 2.50. The molecule has 1 aromatic heterocycles. The molecule has 0 bridgehead atoms. The van der Waals surface area contributed by atoms with Crippen molar-refractivity contribution in [2.75, 3.05) is 0 Å². The Hall–Kier alpha value is -2.17. The van der Waals surface area contributed by atoms with E-state index in [9.17, 15) is 4.79 Å². The molecule has 1 aromatic carbocycles. The number of hydrogen-bond donors (Lipinski definition) is 1. The molecule has 0 spiro atoms. The zero-order valence-electron chi connectivity index (χ0n) is 14.0. The third-order valence-corrected chi connectivity index (χ3v) is 3.83. The number of nitrogens with zero attached hydrogens (tertiary/aromatic N) is 3. The van der Waals surface area contributed by atoms with Crippen molar-refractivity contribution in [3.63, 3.8) is 0 Å². The van der Waals surface area contributed by atoms with E-state index in [1.807, 2.05) is 37.3 Å². The molecule has 1 amide bonds. The van der Waals surface area contributed by atoms with Crippen molar-refractivity contribution in [2.24, 2.45) is 0 Å². The molecule has 0 radical (unpaired) electrons. The van der Waals surface area contributed by atoms with Crippen LogP contribution in [0.4, 0.5) is 0 Å². The Morgan fingerprint density at radius 2 is 2.00 bits per heavy atom. The lowest BCUT2D eigenvalue weighted by Crippen LogP contribution is -2.32. The number of unbranched alkanes of at least 4 members (excludes halogenated alkanes) is 3. The zero-order chi connectivity index (χ0) is 16.5. The van der Waals surface area contributed by atoms with Crippen LogP contribution in [0.5, 0.6) is 0 Å². The van der Waals surface area contributed by atoms with Gasteiger partial charge >= 0.3 is 0 Å². The first-order chi connectivity index (χ1) is 11.2. The normalized spacial score (nSPS) is 12.1. The summed E-state index contributed by atoms with van der Waals surface area (Å²) in [6.07, 6.45) is 7.57. The standard InChI is InChI=1S/C18H26N4O/c1-3-4-5-7-10-15(2)19-18(23)17-14-22(21-20-17)13-16-11-8-6-9-12-16/h6,8-9,11-12,14-15H,3-5,7,10,13H2,1-2H3,(H,19,23). The van der Waals surface area contributed by atoms with Gasteiger partial charge < -0.3 is 5.32 Å². The molecule has 0 fully saturated rings. The molecule has 1 atom stereocenters. The van der Waals surface area contributed by atoms with Crippen LogP contribution in [0, 0.1) is 0 Å². The molecule has 23 heavy (non-hydrogen) atoms. The lowest BCUT2D eigenvalue weighted by molar-refractivity contribution is 0.0932. The van der Waals surface area contributed by atoms with Crippen LogP contribution in [-0.2, 0) is 6.54 Å². The number of hydrogen-bond acceptors (Lipinski definition) is 3. The second kappa shape index (κ2) is 9.08. The van der Waals surface area contributed by atoms with Crippen molar-refractivity contribution in [1.82, 2.24) is 20.3 Å². The lowest BCUT2D eigenvalue weighted by Gasteiger charge is -2.12. The van der Waals surface area contributed by atoms with Crippen LogP contribution in [0.3, 0.4) is 0 Å². The van der Waals surface area contributed by atoms with E-state index in [4.69, 9.17) is 0 Å². The highest BCUT2D eigenvalue weighted by Gasteiger charge is 2.13. The monoisotopic (exact) mass is 314 g/mol. The summed E-state index contributed by atoms with van der Waals surface area (Å²) in [6, 6.07) is 10.2. The summed E-state index contributed by atoms with van der Waals surface area (Å²) in [5, 5.41) is 11.0. The maximum atomic E-state index is 12.2. The molecule has 2 rings (SSSR count). The van der Waals surface area contributed by atoms with Crippen LogP contribution in [0.1, 0.15) is 62.0 Å². The van der Waals surface area contributed by atoms with Gasteiger partial charge in [0.25, 0.3) is 5.91 Å². The number of amides is 1. The van der Waals surface area contributed by atoms with Crippen molar-refractivity contribution in [2.45, 2.75) is 58.5 Å². The Balaban J connectivity index is 1.81. The number of rotatable bonds is 9. The molecule has 2 aromatic rings. The molecule has 1 unspecified atom stereocenters. The van der Waals surface area contributed by atoms with Gasteiger partial charge in [-0.05, 0) is 18.9 Å². The van der Waals surface area contributed by atoms with E-state index in [1.165, 1.54) is 19.3 Å². The lowest BCUT2D eigenvalue weighted by atomic mass is 10.1. The Bertz CT molecular complexity index is 594. The predicted molar refractivity (Wildman–Crippen MR) is 91.3 cm³/mol. The first-order valence-corrected chi connectivity index (χ1v) is 8.44. The van der Waals surface area contributed by atoms with Crippen LogP contribution < -0.4 is 5.32 Å².